The van der Waals surface area contributed by atoms with E-state index in [9.17, 15) is 43.2 Å². The van der Waals surface area contributed by atoms with Gasteiger partial charge >= 0.3 is 39.5 Å². The molecule has 0 radical (unpaired) electrons. The molecule has 0 aromatic heterocycles. The minimum absolute atomic E-state index is 0.0192. The lowest BCUT2D eigenvalue weighted by Gasteiger charge is -2.21. The number of aliphatic hydroxyl groups is 1. The number of phosphoric acid groups is 2. The second-order valence-corrected chi connectivity index (χ2v) is 30.3. The SMILES string of the molecule is CCCCC/C=C\C/C=C\C/C=C\C/C=C\CCCC(=O)O[C@H](COC(=O)CCCCCCC/C=C\CCCCCCCC)COP(=O)(O)OC[C@@H](O)COP(=O)(O)OC[C@@H](COC(=O)CCCCCCCCC/C=C\CCCCCC)OC(=O)CCCCCCCCC/C=C\CCCCCC. The lowest BCUT2D eigenvalue weighted by molar-refractivity contribution is -0.161. The lowest BCUT2D eigenvalue weighted by atomic mass is 10.1. The van der Waals surface area contributed by atoms with Crippen molar-refractivity contribution in [1.82, 2.24) is 0 Å². The van der Waals surface area contributed by atoms with Gasteiger partial charge in [-0.15, -0.1) is 0 Å². The largest absolute Gasteiger partial charge is 0.472 e. The van der Waals surface area contributed by atoms with E-state index < -0.39 is 97.5 Å². The van der Waals surface area contributed by atoms with Crippen molar-refractivity contribution >= 4 is 39.5 Å². The van der Waals surface area contributed by atoms with Gasteiger partial charge in [-0.05, 0) is 141 Å². The van der Waals surface area contributed by atoms with Gasteiger partial charge in [-0.25, -0.2) is 9.13 Å². The van der Waals surface area contributed by atoms with Gasteiger partial charge in [0, 0.05) is 25.7 Å². The first-order valence-electron chi connectivity index (χ1n) is 40.8. The molecule has 19 heteroatoms. The highest BCUT2D eigenvalue weighted by atomic mass is 31.2. The normalized spacial score (nSPS) is 14.3. The molecular formula is C83H148O17P2. The number of allylic oxidation sites excluding steroid dienone is 14. The van der Waals surface area contributed by atoms with E-state index in [1.807, 2.05) is 12.2 Å². The monoisotopic (exact) mass is 1480 g/mol. The van der Waals surface area contributed by atoms with Gasteiger partial charge in [0.25, 0.3) is 0 Å². The Hall–Kier alpha value is -3.76. The summed E-state index contributed by atoms with van der Waals surface area (Å²) in [5, 5.41) is 10.6. The molecule has 0 aromatic rings. The Morgan fingerprint density at radius 2 is 0.490 bits per heavy atom. The molecule has 592 valence electrons. The molecule has 5 atom stereocenters. The third kappa shape index (κ3) is 74.5. The Kier molecular flexibility index (Phi) is 72.7. The highest BCUT2D eigenvalue weighted by molar-refractivity contribution is 7.47. The average Bonchev–Trinajstić information content (AvgIpc) is 0.917. The average molecular weight is 1480 g/mol. The smallest absolute Gasteiger partial charge is 0.462 e. The summed E-state index contributed by atoms with van der Waals surface area (Å²) in [5.74, 6) is -2.24. The number of esters is 4. The molecule has 0 spiro atoms. The Labute approximate surface area is 621 Å². The van der Waals surface area contributed by atoms with Crippen molar-refractivity contribution in [3.8, 4) is 0 Å². The molecular weight excluding hydrogens is 1330 g/mol. The van der Waals surface area contributed by atoms with Crippen LogP contribution >= 0.6 is 15.6 Å². The van der Waals surface area contributed by atoms with E-state index >= 15 is 0 Å². The number of unbranched alkanes of at least 4 members (excludes halogenated alkanes) is 37. The molecule has 0 aliphatic heterocycles. The van der Waals surface area contributed by atoms with Crippen LogP contribution in [0.1, 0.15) is 362 Å². The van der Waals surface area contributed by atoms with Crippen LogP contribution in [0.15, 0.2) is 85.1 Å². The van der Waals surface area contributed by atoms with Crippen LogP contribution in [0.25, 0.3) is 0 Å². The van der Waals surface area contributed by atoms with E-state index in [-0.39, 0.29) is 25.7 Å². The van der Waals surface area contributed by atoms with Gasteiger partial charge in [-0.1, -0.05) is 280 Å². The summed E-state index contributed by atoms with van der Waals surface area (Å²) in [6, 6.07) is 0. The van der Waals surface area contributed by atoms with Crippen LogP contribution in [0.5, 0.6) is 0 Å². The Bertz CT molecular complexity index is 2260. The fourth-order valence-electron chi connectivity index (χ4n) is 11.0. The van der Waals surface area contributed by atoms with Crippen LogP contribution in [-0.2, 0) is 65.4 Å². The molecule has 17 nitrogen and oxygen atoms in total. The van der Waals surface area contributed by atoms with Gasteiger partial charge in [0.05, 0.1) is 26.4 Å². The molecule has 0 fully saturated rings. The Morgan fingerprint density at radius 3 is 0.814 bits per heavy atom. The molecule has 0 bridgehead atoms. The molecule has 0 heterocycles. The van der Waals surface area contributed by atoms with Gasteiger partial charge in [0.2, 0.25) is 0 Å². The quantitative estimate of drug-likeness (QED) is 0.0169. The summed E-state index contributed by atoms with van der Waals surface area (Å²) in [6.45, 7) is 4.79. The summed E-state index contributed by atoms with van der Waals surface area (Å²) in [7, 11) is -9.97. The van der Waals surface area contributed by atoms with Crippen LogP contribution in [-0.4, -0.2) is 96.7 Å². The van der Waals surface area contributed by atoms with Gasteiger partial charge in [-0.3, -0.25) is 37.3 Å². The first kappa shape index (κ1) is 98.2. The van der Waals surface area contributed by atoms with Gasteiger partial charge < -0.3 is 33.8 Å². The van der Waals surface area contributed by atoms with Crippen molar-refractivity contribution in [1.29, 1.82) is 0 Å². The maximum atomic E-state index is 13.1. The third-order valence-electron chi connectivity index (χ3n) is 17.3. The Morgan fingerprint density at radius 1 is 0.275 bits per heavy atom. The highest BCUT2D eigenvalue weighted by Gasteiger charge is 2.30. The minimum atomic E-state index is -4.99. The number of carbonyl (C=O) groups is 4. The molecule has 0 saturated heterocycles. The number of phosphoric ester groups is 2. The standard InChI is InChI=1S/C83H148O17P2/c1-5-9-13-17-21-25-29-33-37-38-42-46-50-54-58-62-66-70-83(88)100-79(74-94-81(86)68-64-60-56-52-48-44-40-35-31-27-23-19-15-11-7-3)76-98-102(91,92)96-72-77(84)71-95-101(89,90)97-75-78(99-82(87)69-65-61-57-53-49-45-41-36-32-28-24-20-16-12-8-4)73-93-80(85)67-63-59-55-51-47-43-39-34-30-26-22-18-14-10-6-2/h21,25-26,28,30,32-33,35,37,40,42,46,54,58,77-79,84H,5-20,22-24,27,29,31,34,36,38-39,41,43-45,47-53,55-57,59-76H2,1-4H3,(H,89,90)(H,91,92)/b25-21-,30-26-,32-28-,37-33-,40-35-,46-42-,58-54-/t77-,78+,79+/m0/s1. The molecule has 0 rings (SSSR count). The van der Waals surface area contributed by atoms with Crippen LogP contribution < -0.4 is 0 Å². The van der Waals surface area contributed by atoms with Gasteiger partial charge in [0.15, 0.2) is 12.2 Å². The topological polar surface area (TPSA) is 237 Å². The number of carbonyl (C=O) groups excluding carboxylic acids is 4. The molecule has 0 aromatic carbocycles. The molecule has 102 heavy (non-hydrogen) atoms. The maximum Gasteiger partial charge on any atom is 0.472 e. The summed E-state index contributed by atoms with van der Waals surface area (Å²) >= 11 is 0. The minimum Gasteiger partial charge on any atom is -0.462 e. The zero-order chi connectivity index (χ0) is 74.6. The maximum absolute atomic E-state index is 13.1. The van der Waals surface area contributed by atoms with E-state index in [0.717, 1.165) is 154 Å². The first-order chi connectivity index (χ1) is 49.7. The fraction of sp³-hybridized carbons (Fsp3) is 0.783. The molecule has 0 amide bonds. The summed E-state index contributed by atoms with van der Waals surface area (Å²) in [5.41, 5.74) is 0. The zero-order valence-corrected chi connectivity index (χ0v) is 66.6. The number of ether oxygens (including phenoxy) is 4. The third-order valence-corrected chi connectivity index (χ3v) is 19.2. The van der Waals surface area contributed by atoms with Crippen molar-refractivity contribution in [3.05, 3.63) is 85.1 Å². The summed E-state index contributed by atoms with van der Waals surface area (Å²) in [4.78, 5) is 73.0. The van der Waals surface area contributed by atoms with Gasteiger partial charge in [0.1, 0.15) is 19.3 Å². The van der Waals surface area contributed by atoms with Crippen molar-refractivity contribution in [2.75, 3.05) is 39.6 Å². The van der Waals surface area contributed by atoms with Crippen molar-refractivity contribution in [3.63, 3.8) is 0 Å². The highest BCUT2D eigenvalue weighted by Crippen LogP contribution is 2.45. The summed E-state index contributed by atoms with van der Waals surface area (Å²) in [6.07, 6.45) is 78.4. The predicted molar refractivity (Wildman–Crippen MR) is 418 cm³/mol. The number of aliphatic hydroxyl groups excluding tert-OH is 1. The summed E-state index contributed by atoms with van der Waals surface area (Å²) < 4.78 is 68.6. The second-order valence-electron chi connectivity index (χ2n) is 27.3. The van der Waals surface area contributed by atoms with Crippen molar-refractivity contribution in [2.24, 2.45) is 0 Å². The molecule has 3 N–H and O–H groups in total. The number of hydrogen-bond acceptors (Lipinski definition) is 15. The second kappa shape index (κ2) is 75.5. The first-order valence-corrected chi connectivity index (χ1v) is 43.8. The van der Waals surface area contributed by atoms with Crippen molar-refractivity contribution in [2.45, 2.75) is 380 Å². The molecule has 0 aliphatic carbocycles. The predicted octanol–water partition coefficient (Wildman–Crippen LogP) is 23.8. The van der Waals surface area contributed by atoms with Crippen LogP contribution in [0.4, 0.5) is 0 Å². The van der Waals surface area contributed by atoms with E-state index in [2.05, 4.69) is 101 Å². The van der Waals surface area contributed by atoms with Crippen LogP contribution in [0, 0.1) is 0 Å². The van der Waals surface area contributed by atoms with Crippen LogP contribution in [0.3, 0.4) is 0 Å². The fourth-order valence-corrected chi connectivity index (χ4v) is 12.6. The van der Waals surface area contributed by atoms with E-state index in [1.54, 1.807) is 0 Å². The van der Waals surface area contributed by atoms with E-state index in [4.69, 9.17) is 37.0 Å². The number of hydrogen-bond donors (Lipinski definition) is 3. The van der Waals surface area contributed by atoms with E-state index in [1.165, 1.54) is 122 Å². The van der Waals surface area contributed by atoms with Crippen LogP contribution in [0.2, 0.25) is 0 Å². The molecule has 0 saturated carbocycles. The van der Waals surface area contributed by atoms with Gasteiger partial charge in [-0.2, -0.15) is 0 Å². The lowest BCUT2D eigenvalue weighted by Crippen LogP contribution is -2.30. The van der Waals surface area contributed by atoms with E-state index in [0.29, 0.717) is 32.1 Å². The van der Waals surface area contributed by atoms with Crippen molar-refractivity contribution < 1.29 is 80.2 Å². The Balaban J connectivity index is 5.40. The zero-order valence-electron chi connectivity index (χ0n) is 64.8. The molecule has 0 aliphatic rings. The molecule has 2 unspecified atom stereocenters. The number of rotatable bonds is 77.